The van der Waals surface area contributed by atoms with Crippen LogP contribution < -0.4 is 4.74 Å². The number of rotatable bonds is 5. The van der Waals surface area contributed by atoms with Gasteiger partial charge in [0.15, 0.2) is 5.58 Å². The zero-order chi connectivity index (χ0) is 22.1. The average Bonchev–Trinajstić information content (AvgIpc) is 3.22. The molecule has 0 N–H and O–H groups in total. The molecule has 1 saturated heterocycles. The predicted molar refractivity (Wildman–Crippen MR) is 136 cm³/mol. The van der Waals surface area contributed by atoms with Crippen molar-refractivity contribution in [3.8, 4) is 17.2 Å². The third-order valence-electron chi connectivity index (χ3n) is 6.12. The van der Waals surface area contributed by atoms with Gasteiger partial charge in [0, 0.05) is 25.2 Å². The van der Waals surface area contributed by atoms with Gasteiger partial charge in [-0.2, -0.15) is 0 Å². The van der Waals surface area contributed by atoms with E-state index in [1.165, 1.54) is 5.56 Å². The minimum atomic E-state index is 0. The molecule has 3 aromatic carbocycles. The first kappa shape index (κ1) is 23.6. The van der Waals surface area contributed by atoms with Crippen LogP contribution >= 0.6 is 12.4 Å². The Morgan fingerprint density at radius 2 is 1.82 bits per heavy atom. The zero-order valence-corrected chi connectivity index (χ0v) is 20.3. The van der Waals surface area contributed by atoms with Crippen LogP contribution in [0.4, 0.5) is 0 Å². The molecule has 33 heavy (non-hydrogen) atoms. The maximum atomic E-state index is 6.13. The van der Waals surface area contributed by atoms with Gasteiger partial charge in [-0.25, -0.2) is 4.98 Å². The Bertz CT molecular complexity index is 1240. The summed E-state index contributed by atoms with van der Waals surface area (Å²) < 4.78 is 17.6. The van der Waals surface area contributed by atoms with Crippen LogP contribution in [0.2, 0.25) is 0 Å². The van der Waals surface area contributed by atoms with Crippen LogP contribution in [0, 0.1) is 0 Å². The maximum Gasteiger partial charge on any atom is 0.227 e. The van der Waals surface area contributed by atoms with Gasteiger partial charge < -0.3 is 13.9 Å². The second-order valence-corrected chi connectivity index (χ2v) is 9.44. The van der Waals surface area contributed by atoms with E-state index in [1.807, 2.05) is 18.2 Å². The standard InChI is InChI=1S/C27H30N2O3.ClH/c1-27(2,3)20-7-10-25-24(18-20)28-26(32-25)23-6-4-5-19-17-21(8-9-22(19)23)31-16-13-29-11-14-30-15-12-29;/h4-10,17-18H,11-16H2,1-3H3;1H. The zero-order valence-electron chi connectivity index (χ0n) is 19.5. The van der Waals surface area contributed by atoms with E-state index in [4.69, 9.17) is 18.9 Å². The number of halogens is 1. The molecule has 0 aliphatic carbocycles. The van der Waals surface area contributed by atoms with Gasteiger partial charge in [0.25, 0.3) is 0 Å². The Hall–Kier alpha value is -2.60. The lowest BCUT2D eigenvalue weighted by Crippen LogP contribution is -2.38. The summed E-state index contributed by atoms with van der Waals surface area (Å²) >= 11 is 0. The largest absolute Gasteiger partial charge is 0.492 e. The molecule has 0 unspecified atom stereocenters. The fourth-order valence-electron chi connectivity index (χ4n) is 4.16. The maximum absolute atomic E-state index is 6.13. The first-order valence-electron chi connectivity index (χ1n) is 11.3. The molecule has 0 atom stereocenters. The van der Waals surface area contributed by atoms with E-state index in [-0.39, 0.29) is 17.8 Å². The Labute approximate surface area is 201 Å². The smallest absolute Gasteiger partial charge is 0.227 e. The van der Waals surface area contributed by atoms with Crippen molar-refractivity contribution < 1.29 is 13.9 Å². The van der Waals surface area contributed by atoms with E-state index in [1.54, 1.807) is 0 Å². The monoisotopic (exact) mass is 466 g/mol. The van der Waals surface area contributed by atoms with Crippen LogP contribution in [0.5, 0.6) is 5.75 Å². The molecule has 5 rings (SSSR count). The first-order chi connectivity index (χ1) is 15.5. The van der Waals surface area contributed by atoms with Crippen LogP contribution in [0.3, 0.4) is 0 Å². The number of hydrogen-bond acceptors (Lipinski definition) is 5. The number of ether oxygens (including phenoxy) is 2. The summed E-state index contributed by atoms with van der Waals surface area (Å²) in [7, 11) is 0. The van der Waals surface area contributed by atoms with Crippen LogP contribution in [-0.2, 0) is 10.2 Å². The lowest BCUT2D eigenvalue weighted by Gasteiger charge is -2.26. The van der Waals surface area contributed by atoms with Gasteiger partial charge in [-0.1, -0.05) is 39.0 Å². The molecule has 1 fully saturated rings. The molecule has 0 bridgehead atoms. The van der Waals surface area contributed by atoms with Crippen molar-refractivity contribution in [2.24, 2.45) is 0 Å². The number of aromatic nitrogens is 1. The highest BCUT2D eigenvalue weighted by atomic mass is 35.5. The molecule has 1 aromatic heterocycles. The quantitative estimate of drug-likeness (QED) is 0.357. The van der Waals surface area contributed by atoms with Gasteiger partial charge >= 0.3 is 0 Å². The Kier molecular flexibility index (Phi) is 6.94. The topological polar surface area (TPSA) is 47.7 Å². The molecule has 174 valence electrons. The molecule has 6 heteroatoms. The van der Waals surface area contributed by atoms with E-state index in [0.29, 0.717) is 12.5 Å². The highest BCUT2D eigenvalue weighted by Crippen LogP contribution is 2.33. The lowest BCUT2D eigenvalue weighted by atomic mass is 9.87. The predicted octanol–water partition coefficient (Wildman–Crippen LogP) is 6.08. The van der Waals surface area contributed by atoms with E-state index in [2.05, 4.69) is 62.1 Å². The molecule has 0 spiro atoms. The molecule has 5 nitrogen and oxygen atoms in total. The van der Waals surface area contributed by atoms with Crippen LogP contribution in [0.25, 0.3) is 33.3 Å². The van der Waals surface area contributed by atoms with Crippen molar-refractivity contribution in [1.29, 1.82) is 0 Å². The highest BCUT2D eigenvalue weighted by Gasteiger charge is 2.17. The molecule has 0 amide bonds. The summed E-state index contributed by atoms with van der Waals surface area (Å²) in [5.74, 6) is 1.54. The highest BCUT2D eigenvalue weighted by molar-refractivity contribution is 5.96. The van der Waals surface area contributed by atoms with E-state index in [9.17, 15) is 0 Å². The van der Waals surface area contributed by atoms with Gasteiger partial charge in [0.2, 0.25) is 5.89 Å². The minimum absolute atomic E-state index is 0. The summed E-state index contributed by atoms with van der Waals surface area (Å²) in [4.78, 5) is 7.19. The van der Waals surface area contributed by atoms with E-state index >= 15 is 0 Å². The third-order valence-corrected chi connectivity index (χ3v) is 6.12. The van der Waals surface area contributed by atoms with Crippen LogP contribution in [-0.4, -0.2) is 49.3 Å². The van der Waals surface area contributed by atoms with E-state index in [0.717, 1.165) is 66.0 Å². The second-order valence-electron chi connectivity index (χ2n) is 9.44. The Balaban J connectivity index is 0.00000259. The summed E-state index contributed by atoms with van der Waals surface area (Å²) in [6.45, 7) is 11.8. The molecule has 1 aliphatic rings. The normalized spacial score (nSPS) is 15.0. The SMILES string of the molecule is CC(C)(C)c1ccc2oc(-c3cccc4cc(OCCN5CCOCC5)ccc34)nc2c1.Cl. The average molecular weight is 467 g/mol. The summed E-state index contributed by atoms with van der Waals surface area (Å²) in [6, 6.07) is 18.7. The van der Waals surface area contributed by atoms with Crippen molar-refractivity contribution in [3.05, 3.63) is 60.2 Å². The minimum Gasteiger partial charge on any atom is -0.492 e. The van der Waals surface area contributed by atoms with Crippen molar-refractivity contribution in [1.82, 2.24) is 9.88 Å². The van der Waals surface area contributed by atoms with Gasteiger partial charge in [-0.3, -0.25) is 4.90 Å². The van der Waals surface area contributed by atoms with Gasteiger partial charge in [-0.05, 0) is 58.1 Å². The number of hydrogen-bond donors (Lipinski definition) is 0. The summed E-state index contributed by atoms with van der Waals surface area (Å²) in [5, 5.41) is 2.22. The molecule has 0 saturated carbocycles. The summed E-state index contributed by atoms with van der Waals surface area (Å²) in [5.41, 5.74) is 4.03. The second kappa shape index (κ2) is 9.72. The third kappa shape index (κ3) is 5.16. The van der Waals surface area contributed by atoms with Crippen molar-refractivity contribution in [2.45, 2.75) is 26.2 Å². The number of fused-ring (bicyclic) bond motifs is 2. The van der Waals surface area contributed by atoms with Crippen molar-refractivity contribution >= 4 is 34.3 Å². The van der Waals surface area contributed by atoms with Crippen LogP contribution in [0.15, 0.2) is 59.0 Å². The molecule has 4 aromatic rings. The number of nitrogens with zero attached hydrogens (tertiary/aromatic N) is 2. The van der Waals surface area contributed by atoms with Crippen molar-refractivity contribution in [2.75, 3.05) is 39.5 Å². The Morgan fingerprint density at radius 1 is 1.00 bits per heavy atom. The number of benzene rings is 3. The molecular formula is C27H31ClN2O3. The summed E-state index contributed by atoms with van der Waals surface area (Å²) in [6.07, 6.45) is 0. The number of oxazole rings is 1. The Morgan fingerprint density at radius 3 is 2.61 bits per heavy atom. The number of morpholine rings is 1. The van der Waals surface area contributed by atoms with Gasteiger partial charge in [0.05, 0.1) is 13.2 Å². The van der Waals surface area contributed by atoms with Gasteiger partial charge in [-0.15, -0.1) is 12.4 Å². The molecular weight excluding hydrogens is 436 g/mol. The molecule has 1 aliphatic heterocycles. The molecule has 0 radical (unpaired) electrons. The van der Waals surface area contributed by atoms with Crippen molar-refractivity contribution in [3.63, 3.8) is 0 Å². The first-order valence-corrected chi connectivity index (χ1v) is 11.3. The van der Waals surface area contributed by atoms with Crippen LogP contribution in [0.1, 0.15) is 26.3 Å². The fraction of sp³-hybridized carbons (Fsp3) is 0.370. The van der Waals surface area contributed by atoms with E-state index < -0.39 is 0 Å². The fourth-order valence-corrected chi connectivity index (χ4v) is 4.16. The van der Waals surface area contributed by atoms with Gasteiger partial charge in [0.1, 0.15) is 17.9 Å². The lowest BCUT2D eigenvalue weighted by molar-refractivity contribution is 0.0322. The molecule has 2 heterocycles.